The van der Waals surface area contributed by atoms with Gasteiger partial charge in [0.05, 0.1) is 0 Å². The molecule has 0 bridgehead atoms. The minimum absolute atomic E-state index is 0.878. The van der Waals surface area contributed by atoms with E-state index in [9.17, 15) is 0 Å². The van der Waals surface area contributed by atoms with Crippen LogP contribution < -0.4 is 0 Å². The third-order valence-corrected chi connectivity index (χ3v) is 2.56. The van der Waals surface area contributed by atoms with Gasteiger partial charge in [-0.15, -0.1) is 0 Å². The van der Waals surface area contributed by atoms with E-state index < -0.39 is 0 Å². The number of hydrogen-bond donors (Lipinski definition) is 0. The zero-order valence-electron chi connectivity index (χ0n) is 7.35. The first-order valence-corrected chi connectivity index (χ1v) is 4.36. The van der Waals surface area contributed by atoms with Gasteiger partial charge in [0.25, 0.3) is 0 Å². The van der Waals surface area contributed by atoms with Gasteiger partial charge in [0.15, 0.2) is 0 Å². The largest absolute Gasteiger partial charge is 0.137 e. The van der Waals surface area contributed by atoms with Gasteiger partial charge in [-0.25, -0.2) is 0 Å². The molecule has 0 nitrogen and oxygen atoms in total. The summed E-state index contributed by atoms with van der Waals surface area (Å²) in [5.74, 6) is 0.963. The fourth-order valence-electron chi connectivity index (χ4n) is 1.71. The zero-order chi connectivity index (χ0) is 7.56. The van der Waals surface area contributed by atoms with Gasteiger partial charge in [-0.3, -0.25) is 0 Å². The van der Waals surface area contributed by atoms with Crippen molar-refractivity contribution >= 4 is 6.71 Å². The van der Waals surface area contributed by atoms with E-state index in [2.05, 4.69) is 26.6 Å². The summed E-state index contributed by atoms with van der Waals surface area (Å²) in [5.41, 5.74) is 1.60. The van der Waals surface area contributed by atoms with E-state index in [0.717, 1.165) is 12.5 Å². The predicted molar refractivity (Wildman–Crippen MR) is 48.8 cm³/mol. The van der Waals surface area contributed by atoms with Gasteiger partial charge >= 0.3 is 0 Å². The summed E-state index contributed by atoms with van der Waals surface area (Å²) in [5, 5.41) is 0. The van der Waals surface area contributed by atoms with E-state index >= 15 is 0 Å². The normalized spacial score (nSPS) is 25.9. The zero-order valence-corrected chi connectivity index (χ0v) is 7.35. The Kier molecular flexibility index (Phi) is 2.59. The Morgan fingerprint density at radius 1 is 1.50 bits per heavy atom. The summed E-state index contributed by atoms with van der Waals surface area (Å²) in [6, 6.07) is 0. The quantitative estimate of drug-likeness (QED) is 0.383. The van der Waals surface area contributed by atoms with Gasteiger partial charge < -0.3 is 0 Å². The highest BCUT2D eigenvalue weighted by Crippen LogP contribution is 2.30. The van der Waals surface area contributed by atoms with Crippen LogP contribution in [0.2, 0.25) is 19.5 Å². The smallest absolute Gasteiger partial charge is 0.0861 e. The Balaban J connectivity index is 2.45. The average molecular weight is 136 g/mol. The molecule has 1 aliphatic carbocycles. The number of allylic oxidation sites excluding steroid dienone is 2. The summed E-state index contributed by atoms with van der Waals surface area (Å²) >= 11 is 0. The average Bonchev–Trinajstić information content (AvgIpc) is 1.88. The molecule has 0 amide bonds. The van der Waals surface area contributed by atoms with Crippen molar-refractivity contribution in [2.45, 2.75) is 45.6 Å². The molecule has 0 aromatic carbocycles. The predicted octanol–water partition coefficient (Wildman–Crippen LogP) is 3.24. The lowest BCUT2D eigenvalue weighted by Crippen LogP contribution is -2.14. The molecule has 0 aliphatic heterocycles. The van der Waals surface area contributed by atoms with Crippen LogP contribution in [0.3, 0.4) is 0 Å². The monoisotopic (exact) mass is 136 g/mol. The van der Waals surface area contributed by atoms with Crippen LogP contribution in [0.4, 0.5) is 0 Å². The molecule has 1 rings (SSSR count). The fraction of sp³-hybridized carbons (Fsp3) is 0.778. The molecule has 0 aromatic heterocycles. The fourth-order valence-corrected chi connectivity index (χ4v) is 1.71. The van der Waals surface area contributed by atoms with Crippen molar-refractivity contribution in [1.29, 1.82) is 0 Å². The van der Waals surface area contributed by atoms with Crippen molar-refractivity contribution in [3.8, 4) is 0 Å². The molecule has 10 heavy (non-hydrogen) atoms. The Morgan fingerprint density at radius 2 is 2.20 bits per heavy atom. The van der Waals surface area contributed by atoms with Gasteiger partial charge in [0.1, 0.15) is 6.71 Å². The van der Waals surface area contributed by atoms with Crippen LogP contribution in [0.25, 0.3) is 0 Å². The maximum atomic E-state index is 2.39. The minimum atomic E-state index is 0.878. The summed E-state index contributed by atoms with van der Waals surface area (Å²) < 4.78 is 0. The Hall–Kier alpha value is -0.195. The Bertz CT molecular complexity index is 136. The lowest BCUT2D eigenvalue weighted by atomic mass is 9.42. The molecule has 0 heterocycles. The third-order valence-electron chi connectivity index (χ3n) is 2.56. The first-order chi connectivity index (χ1) is 4.70. The second-order valence-electron chi connectivity index (χ2n) is 3.84. The van der Waals surface area contributed by atoms with Crippen LogP contribution in [-0.2, 0) is 0 Å². The van der Waals surface area contributed by atoms with Crippen molar-refractivity contribution in [2.24, 2.45) is 0 Å². The molecule has 1 unspecified atom stereocenters. The van der Waals surface area contributed by atoms with Gasteiger partial charge in [0, 0.05) is 0 Å². The maximum absolute atomic E-state index is 2.39. The van der Waals surface area contributed by atoms with Crippen molar-refractivity contribution in [3.05, 3.63) is 11.6 Å². The molecule has 0 spiro atoms. The van der Waals surface area contributed by atoms with Crippen LogP contribution in [0.5, 0.6) is 0 Å². The van der Waals surface area contributed by atoms with Crippen molar-refractivity contribution in [2.75, 3.05) is 0 Å². The number of hydrogen-bond acceptors (Lipinski definition) is 0. The molecule has 1 aliphatic rings. The molecule has 56 valence electrons. The summed E-state index contributed by atoms with van der Waals surface area (Å²) in [6.45, 7) is 7.81. The van der Waals surface area contributed by atoms with Crippen LogP contribution in [0, 0.1) is 0 Å². The Labute approximate surface area is 64.8 Å². The molecule has 0 saturated carbocycles. The summed E-state index contributed by atoms with van der Waals surface area (Å²) in [4.78, 5) is 0. The highest BCUT2D eigenvalue weighted by molar-refractivity contribution is 6.57. The Morgan fingerprint density at radius 3 is 2.60 bits per heavy atom. The molecule has 1 atom stereocenters. The van der Waals surface area contributed by atoms with E-state index in [0.29, 0.717) is 0 Å². The van der Waals surface area contributed by atoms with Gasteiger partial charge in [-0.2, -0.15) is 0 Å². The third kappa shape index (κ3) is 1.90. The van der Waals surface area contributed by atoms with Crippen molar-refractivity contribution < 1.29 is 0 Å². The SMILES string of the molecule is CB(C)C1CCC=C(C)C1. The maximum Gasteiger partial charge on any atom is 0.137 e. The van der Waals surface area contributed by atoms with E-state index in [1.54, 1.807) is 5.57 Å². The second kappa shape index (κ2) is 3.27. The van der Waals surface area contributed by atoms with Gasteiger partial charge in [-0.05, 0) is 19.8 Å². The van der Waals surface area contributed by atoms with Crippen molar-refractivity contribution in [1.82, 2.24) is 0 Å². The first-order valence-electron chi connectivity index (χ1n) is 4.36. The minimum Gasteiger partial charge on any atom is -0.0861 e. The van der Waals surface area contributed by atoms with Crippen LogP contribution >= 0.6 is 0 Å². The molecule has 0 saturated heterocycles. The van der Waals surface area contributed by atoms with Gasteiger partial charge in [-0.1, -0.05) is 37.5 Å². The van der Waals surface area contributed by atoms with Crippen LogP contribution in [-0.4, -0.2) is 6.71 Å². The number of rotatable bonds is 1. The summed E-state index contributed by atoms with van der Waals surface area (Å²) in [6.07, 6.45) is 6.46. The molecule has 0 radical (unpaired) electrons. The van der Waals surface area contributed by atoms with Crippen molar-refractivity contribution in [3.63, 3.8) is 0 Å². The molecule has 0 fully saturated rings. The first kappa shape index (κ1) is 7.91. The van der Waals surface area contributed by atoms with E-state index in [1.807, 2.05) is 0 Å². The molecule has 0 aromatic rings. The van der Waals surface area contributed by atoms with E-state index in [-0.39, 0.29) is 0 Å². The topological polar surface area (TPSA) is 0 Å². The lowest BCUT2D eigenvalue weighted by Gasteiger charge is -2.22. The van der Waals surface area contributed by atoms with Crippen LogP contribution in [0.15, 0.2) is 11.6 Å². The highest BCUT2D eigenvalue weighted by Gasteiger charge is 2.18. The molecular weight excluding hydrogens is 119 g/mol. The van der Waals surface area contributed by atoms with Gasteiger partial charge in [0.2, 0.25) is 0 Å². The van der Waals surface area contributed by atoms with E-state index in [1.165, 1.54) is 19.3 Å². The van der Waals surface area contributed by atoms with Crippen LogP contribution in [0.1, 0.15) is 26.2 Å². The van der Waals surface area contributed by atoms with E-state index in [4.69, 9.17) is 0 Å². The molecular formula is C9H17B. The highest BCUT2D eigenvalue weighted by atomic mass is 14.1. The standard InChI is InChI=1S/C9H17B/c1-8-5-4-6-9(7-8)10(2)3/h5,9H,4,6-7H2,1-3H3. The molecule has 0 N–H and O–H groups in total. The second-order valence-corrected chi connectivity index (χ2v) is 3.84. The molecule has 1 heteroatoms. The summed E-state index contributed by atoms with van der Waals surface area (Å²) in [7, 11) is 0. The lowest BCUT2D eigenvalue weighted by molar-refractivity contribution is 0.686.